The predicted molar refractivity (Wildman–Crippen MR) is 138 cm³/mol. The molecule has 0 spiro atoms. The van der Waals surface area contributed by atoms with Gasteiger partial charge in [-0.25, -0.2) is 0 Å². The molecule has 0 fully saturated rings. The van der Waals surface area contributed by atoms with Gasteiger partial charge in [0.15, 0.2) is 8.32 Å². The summed E-state index contributed by atoms with van der Waals surface area (Å²) in [5, 5.41) is 0.152. The van der Waals surface area contributed by atoms with Gasteiger partial charge in [0.05, 0.1) is 6.10 Å². The summed E-state index contributed by atoms with van der Waals surface area (Å²) in [7, 11) is -1.89. The Balaban J connectivity index is 2.25. The van der Waals surface area contributed by atoms with Crippen molar-refractivity contribution in [3.63, 3.8) is 0 Å². The van der Waals surface area contributed by atoms with E-state index in [9.17, 15) is 4.79 Å². The summed E-state index contributed by atoms with van der Waals surface area (Å²) in [6.45, 7) is 17.7. The Morgan fingerprint density at radius 1 is 1.06 bits per heavy atom. The monoisotopic (exact) mass is 468 g/mol. The van der Waals surface area contributed by atoms with Gasteiger partial charge in [0.1, 0.15) is 19.0 Å². The average molecular weight is 469 g/mol. The van der Waals surface area contributed by atoms with Gasteiger partial charge in [-0.1, -0.05) is 63.2 Å². The van der Waals surface area contributed by atoms with E-state index in [4.69, 9.17) is 13.9 Å². The van der Waals surface area contributed by atoms with Crippen LogP contribution in [0.25, 0.3) is 0 Å². The smallest absolute Gasteiger partial charge is 0.302 e. The number of allylic oxidation sites excluding steroid dienone is 1. The molecule has 0 aliphatic carbocycles. The minimum absolute atomic E-state index is 0.000984. The largest absolute Gasteiger partial charge is 0.489 e. The summed E-state index contributed by atoms with van der Waals surface area (Å²) in [6, 6.07) is 16.5. The minimum Gasteiger partial charge on any atom is -0.489 e. The molecule has 33 heavy (non-hydrogen) atoms. The Morgan fingerprint density at radius 3 is 2.33 bits per heavy atom. The van der Waals surface area contributed by atoms with Crippen LogP contribution in [0.1, 0.15) is 64.3 Å². The molecule has 4 nitrogen and oxygen atoms in total. The van der Waals surface area contributed by atoms with Crippen molar-refractivity contribution >= 4 is 14.3 Å². The highest BCUT2D eigenvalue weighted by atomic mass is 28.4. The second kappa shape index (κ2) is 11.7. The van der Waals surface area contributed by atoms with Crippen LogP contribution in [-0.2, 0) is 27.0 Å². The lowest BCUT2D eigenvalue weighted by Crippen LogP contribution is -2.41. The summed E-state index contributed by atoms with van der Waals surface area (Å²) < 4.78 is 17.9. The lowest BCUT2D eigenvalue weighted by Gasteiger charge is -2.38. The first-order valence-electron chi connectivity index (χ1n) is 11.7. The highest BCUT2D eigenvalue weighted by Gasteiger charge is 2.38. The molecule has 1 atom stereocenters. The summed E-state index contributed by atoms with van der Waals surface area (Å²) >= 11 is 0. The molecule has 0 aromatic heterocycles. The molecule has 0 saturated carbocycles. The molecule has 0 bridgehead atoms. The second-order valence-corrected chi connectivity index (χ2v) is 15.0. The molecule has 180 valence electrons. The maximum absolute atomic E-state index is 11.1. The first-order chi connectivity index (χ1) is 15.4. The average Bonchev–Trinajstić information content (AvgIpc) is 2.74. The lowest BCUT2D eigenvalue weighted by molar-refractivity contribution is -0.139. The zero-order chi connectivity index (χ0) is 24.6. The van der Waals surface area contributed by atoms with Gasteiger partial charge in [-0.2, -0.15) is 0 Å². The number of carbonyl (C=O) groups is 1. The minimum atomic E-state index is -1.89. The zero-order valence-corrected chi connectivity index (χ0v) is 22.5. The molecule has 0 radical (unpaired) electrons. The van der Waals surface area contributed by atoms with Gasteiger partial charge in [-0.15, -0.1) is 0 Å². The van der Waals surface area contributed by atoms with E-state index in [0.29, 0.717) is 19.6 Å². The highest BCUT2D eigenvalue weighted by molar-refractivity contribution is 6.74. The van der Waals surface area contributed by atoms with Gasteiger partial charge in [0.25, 0.3) is 0 Å². The van der Waals surface area contributed by atoms with Crippen LogP contribution >= 0.6 is 0 Å². The second-order valence-electron chi connectivity index (χ2n) is 10.2. The van der Waals surface area contributed by atoms with E-state index >= 15 is 0 Å². The van der Waals surface area contributed by atoms with Crippen molar-refractivity contribution in [2.45, 2.75) is 78.8 Å². The lowest BCUT2D eigenvalue weighted by atomic mass is 10.0. The number of ether oxygens (including phenoxy) is 2. The molecular weight excluding hydrogens is 428 g/mol. The Morgan fingerprint density at radius 2 is 1.73 bits per heavy atom. The van der Waals surface area contributed by atoms with Crippen molar-refractivity contribution in [1.82, 2.24) is 0 Å². The van der Waals surface area contributed by atoms with Crippen molar-refractivity contribution in [3.05, 3.63) is 76.9 Å². The van der Waals surface area contributed by atoms with Crippen LogP contribution in [-0.4, -0.2) is 20.9 Å². The first-order valence-corrected chi connectivity index (χ1v) is 14.6. The van der Waals surface area contributed by atoms with Crippen LogP contribution in [0.15, 0.2) is 60.2 Å². The standard InChI is InChI=1S/C28H40O4Si/c1-21(19-30-23(3)29)14-15-26-18-25(22(2)32-33(7,8)28(4,5)6)16-17-27(26)31-20-24-12-10-9-11-13-24/h9-14,16-18,22H,15,19-20H2,1-8H3/b21-14+. The Bertz CT molecular complexity index is 942. The summed E-state index contributed by atoms with van der Waals surface area (Å²) in [4.78, 5) is 11.1. The summed E-state index contributed by atoms with van der Waals surface area (Å²) in [6.07, 6.45) is 2.79. The molecule has 0 heterocycles. The molecule has 0 aliphatic rings. The van der Waals surface area contributed by atoms with Crippen molar-refractivity contribution < 1.29 is 18.7 Å². The molecule has 2 rings (SSSR count). The fraction of sp³-hybridized carbons (Fsp3) is 0.464. The van der Waals surface area contributed by atoms with Gasteiger partial charge < -0.3 is 13.9 Å². The normalized spacial score (nSPS) is 13.5. The van der Waals surface area contributed by atoms with Crippen LogP contribution in [0.3, 0.4) is 0 Å². The van der Waals surface area contributed by atoms with Crippen LogP contribution in [0.4, 0.5) is 0 Å². The third-order valence-electron chi connectivity index (χ3n) is 6.24. The van der Waals surface area contributed by atoms with E-state index in [-0.39, 0.29) is 17.1 Å². The quantitative estimate of drug-likeness (QED) is 0.207. The van der Waals surface area contributed by atoms with E-state index in [2.05, 4.69) is 71.1 Å². The van der Waals surface area contributed by atoms with E-state index in [1.807, 2.05) is 31.2 Å². The summed E-state index contributed by atoms with van der Waals surface area (Å²) in [5.74, 6) is 0.590. The van der Waals surface area contributed by atoms with Crippen molar-refractivity contribution in [2.75, 3.05) is 6.61 Å². The fourth-order valence-corrected chi connectivity index (χ4v) is 4.51. The maximum atomic E-state index is 11.1. The van der Waals surface area contributed by atoms with Crippen LogP contribution in [0, 0.1) is 0 Å². The fourth-order valence-electron chi connectivity index (χ4n) is 3.13. The number of hydrogen-bond donors (Lipinski definition) is 0. The predicted octanol–water partition coefficient (Wildman–Crippen LogP) is 7.40. The molecule has 1 unspecified atom stereocenters. The number of rotatable bonds is 10. The van der Waals surface area contributed by atoms with Crippen molar-refractivity contribution in [1.29, 1.82) is 0 Å². The topological polar surface area (TPSA) is 44.8 Å². The number of carbonyl (C=O) groups excluding carboxylic acids is 1. The van der Waals surface area contributed by atoms with E-state index in [0.717, 1.165) is 28.0 Å². The maximum Gasteiger partial charge on any atom is 0.302 e. The molecular formula is C28H40O4Si. The molecule has 2 aromatic rings. The Kier molecular flexibility index (Phi) is 9.50. The number of esters is 1. The van der Waals surface area contributed by atoms with Gasteiger partial charge in [0, 0.05) is 6.92 Å². The van der Waals surface area contributed by atoms with E-state index in [1.165, 1.54) is 6.92 Å². The molecule has 5 heteroatoms. The summed E-state index contributed by atoms with van der Waals surface area (Å²) in [5.41, 5.74) is 4.38. The van der Waals surface area contributed by atoms with E-state index in [1.54, 1.807) is 0 Å². The van der Waals surface area contributed by atoms with Crippen LogP contribution in [0.5, 0.6) is 5.75 Å². The molecule has 0 amide bonds. The highest BCUT2D eigenvalue weighted by Crippen LogP contribution is 2.40. The third kappa shape index (κ3) is 8.48. The zero-order valence-electron chi connectivity index (χ0n) is 21.5. The number of benzene rings is 2. The first kappa shape index (κ1) is 26.9. The third-order valence-corrected chi connectivity index (χ3v) is 10.8. The van der Waals surface area contributed by atoms with Crippen molar-refractivity contribution in [2.24, 2.45) is 0 Å². The van der Waals surface area contributed by atoms with Crippen molar-refractivity contribution in [3.8, 4) is 5.75 Å². The van der Waals surface area contributed by atoms with Gasteiger partial charge >= 0.3 is 5.97 Å². The SMILES string of the molecule is CC(=O)OC/C(C)=C/Cc1cc(C(C)O[Si](C)(C)C(C)(C)C)ccc1OCc1ccccc1. The van der Waals surface area contributed by atoms with Crippen LogP contribution in [0.2, 0.25) is 18.1 Å². The molecule has 0 aliphatic heterocycles. The van der Waals surface area contributed by atoms with E-state index < -0.39 is 8.32 Å². The van der Waals surface area contributed by atoms with Gasteiger partial charge in [-0.3, -0.25) is 4.79 Å². The number of hydrogen-bond acceptors (Lipinski definition) is 4. The molecule has 0 N–H and O–H groups in total. The van der Waals surface area contributed by atoms with Gasteiger partial charge in [0.2, 0.25) is 0 Å². The Hall–Kier alpha value is -2.37. The molecule has 2 aromatic carbocycles. The van der Waals surface area contributed by atoms with Crippen LogP contribution < -0.4 is 4.74 Å². The van der Waals surface area contributed by atoms with Gasteiger partial charge in [-0.05, 0) is 72.8 Å². The molecule has 0 saturated heterocycles. The Labute approximate surface area is 201 Å².